The maximum absolute atomic E-state index is 10.0. The first kappa shape index (κ1) is 30.5. The van der Waals surface area contributed by atoms with Crippen molar-refractivity contribution in [3.8, 4) is 0 Å². The molecule has 26 heavy (non-hydrogen) atoms. The third-order valence-electron chi connectivity index (χ3n) is 3.62. The van der Waals surface area contributed by atoms with Crippen LogP contribution in [0.3, 0.4) is 0 Å². The van der Waals surface area contributed by atoms with Crippen LogP contribution in [0.2, 0.25) is 4.94 Å². The molecule has 0 aliphatic rings. The molecule has 4 nitrogen and oxygen atoms in total. The fraction of sp³-hybridized carbons (Fsp3) is 0.905. The van der Waals surface area contributed by atoms with Crippen LogP contribution in [0.25, 0.3) is 0 Å². The van der Waals surface area contributed by atoms with Gasteiger partial charge >= 0.3 is 27.5 Å². The van der Waals surface area contributed by atoms with E-state index in [9.17, 15) is 19.8 Å². The molecule has 0 bridgehead atoms. The van der Waals surface area contributed by atoms with Crippen LogP contribution in [-0.4, -0.2) is 34.5 Å². The average Bonchev–Trinajstić information content (AvgIpc) is 2.46. The van der Waals surface area contributed by atoms with Crippen molar-refractivity contribution in [1.29, 1.82) is 0 Å². The zero-order valence-corrected chi connectivity index (χ0v) is 21.6. The zero-order chi connectivity index (χ0) is 21.2. The maximum atomic E-state index is 10.0. The summed E-state index contributed by atoms with van der Waals surface area (Å²) in [4.78, 5) is 22.2. The molecule has 0 saturated carbocycles. The zero-order valence-electron chi connectivity index (χ0n) is 18.3. The molecule has 0 unspecified atom stereocenters. The van der Waals surface area contributed by atoms with E-state index in [1.807, 2.05) is 0 Å². The molecule has 0 amide bonds. The summed E-state index contributed by atoms with van der Waals surface area (Å²) in [5, 5.41) is 20.1. The average molecular weight is 477 g/mol. The molecule has 0 fully saturated rings. The van der Waals surface area contributed by atoms with Crippen molar-refractivity contribution < 1.29 is 19.8 Å². The fourth-order valence-electron chi connectivity index (χ4n) is 2.20. The number of carboxylic acid groups (broad SMARTS) is 2. The minimum atomic E-state index is -0.925. The van der Waals surface area contributed by atoms with Crippen molar-refractivity contribution in [1.82, 2.24) is 0 Å². The van der Waals surface area contributed by atoms with Gasteiger partial charge in [-0.2, -0.15) is 0 Å². The topological polar surface area (TPSA) is 80.3 Å². The predicted molar refractivity (Wildman–Crippen MR) is 108 cm³/mol. The van der Waals surface area contributed by atoms with E-state index in [-0.39, 0.29) is 12.8 Å². The van der Waals surface area contributed by atoms with E-state index in [4.69, 9.17) is 0 Å². The van der Waals surface area contributed by atoms with Crippen molar-refractivity contribution in [2.75, 3.05) is 0 Å². The Bertz CT molecular complexity index is 307. The van der Waals surface area contributed by atoms with Gasteiger partial charge in [-0.3, -0.25) is 0 Å². The number of carbonyl (C=O) groups is 2. The number of carboxylic acids is 2. The molecule has 5 heteroatoms. The Morgan fingerprint density at radius 1 is 0.615 bits per heavy atom. The third-order valence-corrected chi connectivity index (χ3v) is 3.62. The van der Waals surface area contributed by atoms with Gasteiger partial charge < -0.3 is 19.8 Å². The molecule has 0 atom stereocenters. The number of aliphatic carboxylic acids is 2. The van der Waals surface area contributed by atoms with Gasteiger partial charge in [0.05, 0.1) is 0 Å². The first-order valence-corrected chi connectivity index (χ1v) is 13.1. The van der Waals surface area contributed by atoms with E-state index < -0.39 is 11.9 Å². The second kappa shape index (κ2) is 18.1. The van der Waals surface area contributed by atoms with Crippen molar-refractivity contribution in [3.63, 3.8) is 0 Å². The molecule has 0 saturated heterocycles. The van der Waals surface area contributed by atoms with Gasteiger partial charge in [0.25, 0.3) is 0 Å². The van der Waals surface area contributed by atoms with Gasteiger partial charge in [-0.25, -0.2) is 0 Å². The van der Waals surface area contributed by atoms with Gasteiger partial charge in [0.15, 0.2) is 0 Å². The first-order chi connectivity index (χ1) is 11.8. The van der Waals surface area contributed by atoms with Gasteiger partial charge in [0.1, 0.15) is 0 Å². The molecule has 0 aromatic heterocycles. The number of carbonyl (C=O) groups excluding carboxylic acids is 2. The van der Waals surface area contributed by atoms with E-state index in [0.717, 1.165) is 38.5 Å². The molecule has 0 aromatic rings. The number of rotatable bonds is 10. The Labute approximate surface area is 175 Å². The summed E-state index contributed by atoms with van der Waals surface area (Å²) in [7, 11) is 0. The molecule has 0 N–H and O–H groups in total. The first-order valence-electron chi connectivity index (χ1n) is 9.81. The van der Waals surface area contributed by atoms with Crippen LogP contribution in [0.4, 0.5) is 0 Å². The Balaban J connectivity index is -0.000000371. The van der Waals surface area contributed by atoms with Gasteiger partial charge in [-0.1, -0.05) is 67.2 Å². The molecule has 0 heterocycles. The van der Waals surface area contributed by atoms with Crippen LogP contribution < -0.4 is 10.2 Å². The van der Waals surface area contributed by atoms with E-state index in [1.165, 1.54) is 35.4 Å². The molecule has 154 valence electrons. The van der Waals surface area contributed by atoms with Crippen LogP contribution in [0.5, 0.6) is 0 Å². The predicted octanol–water partition coefficient (Wildman–Crippen LogP) is 3.40. The van der Waals surface area contributed by atoms with E-state index >= 15 is 0 Å². The van der Waals surface area contributed by atoms with Crippen molar-refractivity contribution in [3.05, 3.63) is 0 Å². The van der Waals surface area contributed by atoms with Crippen molar-refractivity contribution >= 4 is 34.5 Å². The van der Waals surface area contributed by atoms with Crippen LogP contribution in [-0.2, 0) is 9.59 Å². The third kappa shape index (κ3) is 39.0. The molecule has 0 aromatic carbocycles. The molecule has 0 spiro atoms. The summed E-state index contributed by atoms with van der Waals surface area (Å²) in [5.74, 6) is -1.85. The van der Waals surface area contributed by atoms with E-state index in [1.54, 1.807) is 0 Å². The molecule has 0 radical (unpaired) electrons. The number of hydrogen-bond donors (Lipinski definition) is 0. The van der Waals surface area contributed by atoms with Crippen LogP contribution in [0, 0.1) is 10.8 Å². The Hall–Kier alpha value is -0.261. The van der Waals surface area contributed by atoms with Gasteiger partial charge in [0, 0.05) is 11.9 Å². The minimum absolute atomic E-state index is 0.212. The normalized spacial score (nSPS) is 10.8. The number of hydrogen-bond acceptors (Lipinski definition) is 4. The Morgan fingerprint density at radius 2 is 0.885 bits per heavy atom. The van der Waals surface area contributed by atoms with Crippen molar-refractivity contribution in [2.45, 2.75) is 111 Å². The molecular weight excluding hydrogens is 435 g/mol. The second-order valence-electron chi connectivity index (χ2n) is 8.99. The summed E-state index contributed by atoms with van der Waals surface area (Å²) in [6.45, 7) is 13.2. The fourth-order valence-corrected chi connectivity index (χ4v) is 2.20. The monoisotopic (exact) mass is 478 g/mol. The van der Waals surface area contributed by atoms with Gasteiger partial charge in [-0.05, 0) is 49.4 Å². The molecule has 0 rings (SSSR count). The second-order valence-corrected chi connectivity index (χ2v) is 8.99. The summed E-state index contributed by atoms with van der Waals surface area (Å²) >= 11 is 1.35. The number of unbranched alkanes of at least 4 members (excludes halogenated alkanes) is 4. The van der Waals surface area contributed by atoms with Crippen LogP contribution in [0.1, 0.15) is 106 Å². The van der Waals surface area contributed by atoms with E-state index in [0.29, 0.717) is 10.8 Å². The van der Waals surface area contributed by atoms with Gasteiger partial charge in [0.2, 0.25) is 0 Å². The summed E-state index contributed by atoms with van der Waals surface area (Å²) < 4.78 is 0. The van der Waals surface area contributed by atoms with Gasteiger partial charge in [-0.15, -0.1) is 0 Å². The summed E-state index contributed by atoms with van der Waals surface area (Å²) in [6, 6.07) is 0. The van der Waals surface area contributed by atoms with E-state index in [2.05, 4.69) is 46.5 Å². The SMILES string of the molecule is CC(C)(C)CCCCCC(=O)[O-].CC(C)(C)CCCCCC(=O)[O-].[CH3][SnH+2]. The van der Waals surface area contributed by atoms with Crippen LogP contribution >= 0.6 is 0 Å². The Morgan fingerprint density at radius 3 is 1.08 bits per heavy atom. The Kier molecular flexibility index (Phi) is 21.2. The summed E-state index contributed by atoms with van der Waals surface area (Å²) in [5.41, 5.74) is 0.753. The van der Waals surface area contributed by atoms with Crippen LogP contribution in [0.15, 0.2) is 0 Å². The molecular formula is C21H42O4Sn. The standard InChI is InChI=1S/2C10H20O2.CH3.Sn.H/c2*1-10(2,3)8-6-4-5-7-9(11)12;;;/h2*4-8H2,1-3H3,(H,11,12);1H3;;/q;;;+2;/p-2. The molecule has 0 aliphatic carbocycles. The quantitative estimate of drug-likeness (QED) is 0.357. The van der Waals surface area contributed by atoms with Crippen molar-refractivity contribution in [2.24, 2.45) is 10.8 Å². The summed E-state index contributed by atoms with van der Waals surface area (Å²) in [6.07, 6.45) is 8.54. The molecule has 0 aliphatic heterocycles.